The van der Waals surface area contributed by atoms with E-state index in [-0.39, 0.29) is 88.7 Å². The summed E-state index contributed by atoms with van der Waals surface area (Å²) in [4.78, 5) is 100. The Bertz CT molecular complexity index is 316. The van der Waals surface area contributed by atoms with Crippen molar-refractivity contribution in [1.29, 1.82) is 0 Å². The molecule has 174 valence electrons. The van der Waals surface area contributed by atoms with Gasteiger partial charge in [-0.1, -0.05) is 0 Å². The molecule has 0 radical (unpaired) electrons. The zero-order chi connectivity index (χ0) is 25.0. The Kier molecular flexibility index (Phi) is 117. The topological polar surface area (TPSA) is 403 Å². The molecule has 0 saturated carbocycles. The molecule has 0 heterocycles. The van der Waals surface area contributed by atoms with Gasteiger partial charge in [0.1, 0.15) is 0 Å². The molecule has 0 aliphatic heterocycles. The van der Waals surface area contributed by atoms with Crippen LogP contribution in [-0.2, 0) is 31.2 Å². The molecule has 21 nitrogen and oxygen atoms in total. The van der Waals surface area contributed by atoms with Gasteiger partial charge in [-0.3, -0.25) is 31.2 Å². The molecule has 14 N–H and O–H groups in total. The van der Waals surface area contributed by atoms with Crippen LogP contribution in [-0.4, -0.2) is 220 Å². The summed E-state index contributed by atoms with van der Waals surface area (Å²) in [5, 5.41) is 0. The average molecular weight is 619 g/mol. The summed E-state index contributed by atoms with van der Waals surface area (Å²) in [6, 6.07) is 0. The van der Waals surface area contributed by atoms with Crippen LogP contribution < -0.4 is 0 Å². The second-order valence-electron chi connectivity index (χ2n) is 1.98. The van der Waals surface area contributed by atoms with E-state index in [1.165, 1.54) is 0 Å². The Morgan fingerprint density at radius 1 is 0.226 bits per heavy atom. The Labute approximate surface area is 248 Å². The van der Waals surface area contributed by atoms with Crippen LogP contribution in [0.5, 0.6) is 0 Å². The van der Waals surface area contributed by atoms with Crippen molar-refractivity contribution in [2.45, 2.75) is 0 Å². The molecule has 0 aromatic heterocycles. The van der Waals surface area contributed by atoms with E-state index in [0.717, 1.165) is 0 Å². The molecule has 0 rings (SSSR count). The second kappa shape index (κ2) is 57.3. The van der Waals surface area contributed by atoms with E-state index in [9.17, 15) is 0 Å². The van der Waals surface area contributed by atoms with Gasteiger partial charge in [0.15, 0.2) is 0 Å². The van der Waals surface area contributed by atoms with Gasteiger partial charge >= 0.3 is 153 Å². The average Bonchev–Trinajstić information content (AvgIpc) is 2.20. The van der Waals surface area contributed by atoms with Gasteiger partial charge in [0.05, 0.1) is 0 Å². The zero-order valence-electron chi connectivity index (χ0n) is 12.6. The predicted molar refractivity (Wildman–Crippen MR) is 97.6 cm³/mol. The van der Waals surface area contributed by atoms with Gasteiger partial charge in [-0.05, 0) is 0 Å². The van der Waals surface area contributed by atoms with Crippen molar-refractivity contribution >= 4 is 153 Å². The monoisotopic (exact) mass is 618 g/mol. The molecule has 31 heavy (non-hydrogen) atoms. The van der Waals surface area contributed by atoms with Crippen LogP contribution in [0.4, 0.5) is 0 Å². The standard InChI is InChI=1S/3Na.7H2O3Si.3H/c;;;7*1-4(2)3;;;/h;;;7*1-2H;;;. The van der Waals surface area contributed by atoms with Crippen LogP contribution in [0.15, 0.2) is 0 Å². The first kappa shape index (κ1) is 63.3. The van der Waals surface area contributed by atoms with E-state index in [1.807, 2.05) is 0 Å². The second-order valence-corrected chi connectivity index (χ2v) is 5.93. The molecule has 0 fully saturated rings. The summed E-state index contributed by atoms with van der Waals surface area (Å²) in [5.41, 5.74) is 0. The summed E-state index contributed by atoms with van der Waals surface area (Å²) in [6.45, 7) is 0. The van der Waals surface area contributed by atoms with Crippen LogP contribution in [0.1, 0.15) is 0 Å². The van der Waals surface area contributed by atoms with Crippen molar-refractivity contribution < 1.29 is 98.4 Å². The SMILES string of the molecule is O=[Si](O)O.O=[Si](O)O.O=[Si](O)O.O=[Si](O)O.O=[Si](O)O.O=[Si](O)O.O=[Si](O)O.[NaH].[NaH].[NaH]. The molecule has 0 amide bonds. The third-order valence-corrected chi connectivity index (χ3v) is 0. The summed E-state index contributed by atoms with van der Waals surface area (Å²) in [5.74, 6) is 0. The number of hydrogen-bond acceptors (Lipinski definition) is 7. The van der Waals surface area contributed by atoms with E-state index in [0.29, 0.717) is 0 Å². The van der Waals surface area contributed by atoms with Crippen LogP contribution in [0.2, 0.25) is 0 Å². The quantitative estimate of drug-likeness (QED) is 0.112. The molecule has 31 heteroatoms. The normalized spacial score (nSPS) is 5.42. The van der Waals surface area contributed by atoms with Crippen LogP contribution in [0, 0.1) is 0 Å². The molecule has 0 aliphatic carbocycles. The molecule has 0 aromatic carbocycles. The van der Waals surface area contributed by atoms with Crippen LogP contribution in [0.25, 0.3) is 0 Å². The van der Waals surface area contributed by atoms with Gasteiger partial charge in [0.2, 0.25) is 0 Å². The van der Waals surface area contributed by atoms with Crippen LogP contribution in [0.3, 0.4) is 0 Å². The van der Waals surface area contributed by atoms with E-state index >= 15 is 0 Å². The van der Waals surface area contributed by atoms with E-state index < -0.39 is 64.2 Å². The number of hydrogen-bond donors (Lipinski definition) is 14. The third-order valence-electron chi connectivity index (χ3n) is 0. The van der Waals surface area contributed by atoms with E-state index in [2.05, 4.69) is 0 Å². The van der Waals surface area contributed by atoms with Crippen molar-refractivity contribution in [3.05, 3.63) is 0 Å². The Morgan fingerprint density at radius 3 is 0.226 bits per heavy atom. The molecule has 0 spiro atoms. The fourth-order valence-electron chi connectivity index (χ4n) is 0. The molecular formula is H17Na3O21Si7. The van der Waals surface area contributed by atoms with Crippen molar-refractivity contribution in [2.24, 2.45) is 0 Å². The molecule has 0 aromatic rings. The van der Waals surface area contributed by atoms with Crippen molar-refractivity contribution in [3.8, 4) is 0 Å². The summed E-state index contributed by atoms with van der Waals surface area (Å²) >= 11 is 0. The van der Waals surface area contributed by atoms with Crippen LogP contribution >= 0.6 is 0 Å². The van der Waals surface area contributed by atoms with Gasteiger partial charge in [-0.25, -0.2) is 0 Å². The third kappa shape index (κ3) is 240000. The Balaban J connectivity index is -0.0000000204. The summed E-state index contributed by atoms with van der Waals surface area (Å²) in [6.07, 6.45) is 0. The van der Waals surface area contributed by atoms with E-state index in [1.54, 1.807) is 0 Å². The first-order valence-corrected chi connectivity index (χ1v) is 13.7. The maximum atomic E-state index is 8.74. The molecule has 0 bridgehead atoms. The van der Waals surface area contributed by atoms with Crippen molar-refractivity contribution in [2.75, 3.05) is 0 Å². The van der Waals surface area contributed by atoms with Crippen molar-refractivity contribution in [3.63, 3.8) is 0 Å². The number of rotatable bonds is 0. The van der Waals surface area contributed by atoms with Gasteiger partial charge in [-0.2, -0.15) is 0 Å². The first-order chi connectivity index (χ1) is 12.1. The Hall–Kier alpha value is 0.318. The summed E-state index contributed by atoms with van der Waals surface area (Å²) < 4.78 is 61.2. The fraction of sp³-hybridized carbons (Fsp3) is 0. The Morgan fingerprint density at radius 2 is 0.226 bits per heavy atom. The first-order valence-electron chi connectivity index (χ1n) is 4.56. The molecule has 0 atom stereocenters. The van der Waals surface area contributed by atoms with Gasteiger partial charge in [-0.15, -0.1) is 0 Å². The molecular weight excluding hydrogens is 602 g/mol. The summed E-state index contributed by atoms with van der Waals surface area (Å²) in [7, 11) is -21.9. The molecule has 0 saturated heterocycles. The maximum absolute atomic E-state index is 8.74. The predicted octanol–water partition coefficient (Wildman–Crippen LogP) is -13.2. The minimum atomic E-state index is -3.13. The van der Waals surface area contributed by atoms with Crippen molar-refractivity contribution in [1.82, 2.24) is 0 Å². The van der Waals surface area contributed by atoms with Gasteiger partial charge in [0, 0.05) is 0 Å². The van der Waals surface area contributed by atoms with Gasteiger partial charge < -0.3 is 67.1 Å². The van der Waals surface area contributed by atoms with Gasteiger partial charge in [0.25, 0.3) is 0 Å². The van der Waals surface area contributed by atoms with E-state index in [4.69, 9.17) is 98.4 Å². The fourth-order valence-corrected chi connectivity index (χ4v) is 0. The molecule has 0 unspecified atom stereocenters. The zero-order valence-corrected chi connectivity index (χ0v) is 19.6. The molecule has 0 aliphatic rings. The minimum absolute atomic E-state index is 0.